The molecule has 0 amide bonds. The second-order valence-corrected chi connectivity index (χ2v) is 4.50. The van der Waals surface area contributed by atoms with E-state index in [1.807, 2.05) is 0 Å². The van der Waals surface area contributed by atoms with Gasteiger partial charge in [-0.25, -0.2) is 0 Å². The Kier molecular flexibility index (Phi) is 3.98. The van der Waals surface area contributed by atoms with Crippen LogP contribution in [-0.4, -0.2) is 29.6 Å². The third kappa shape index (κ3) is 2.61. The minimum absolute atomic E-state index is 0.0943. The number of benzene rings is 1. The van der Waals surface area contributed by atoms with Crippen molar-refractivity contribution >= 4 is 23.4 Å². The number of phenols is 1. The zero-order chi connectivity index (χ0) is 14.7. The van der Waals surface area contributed by atoms with E-state index in [1.165, 1.54) is 13.2 Å². The summed E-state index contributed by atoms with van der Waals surface area (Å²) in [5, 5.41) is 9.85. The molecule has 1 saturated carbocycles. The summed E-state index contributed by atoms with van der Waals surface area (Å²) in [7, 11) is 1.42. The van der Waals surface area contributed by atoms with Crippen molar-refractivity contribution in [3.63, 3.8) is 0 Å². The molecule has 0 heterocycles. The van der Waals surface area contributed by atoms with E-state index in [-0.39, 0.29) is 35.9 Å². The molecule has 1 fully saturated rings. The Labute approximate surface area is 115 Å². The number of hydrogen-bond donors (Lipinski definition) is 1. The van der Waals surface area contributed by atoms with Crippen molar-refractivity contribution < 1.29 is 24.2 Å². The van der Waals surface area contributed by atoms with Crippen LogP contribution >= 0.6 is 0 Å². The molecule has 0 atom stereocenters. The molecule has 0 saturated heterocycles. The van der Waals surface area contributed by atoms with E-state index in [1.54, 1.807) is 18.2 Å². The molecule has 0 aliphatic heterocycles. The minimum atomic E-state index is -1.17. The van der Waals surface area contributed by atoms with Gasteiger partial charge in [-0.2, -0.15) is 0 Å². The summed E-state index contributed by atoms with van der Waals surface area (Å²) >= 11 is 0. The molecular formula is C15H14O5. The number of methoxy groups -OCH3 is 1. The van der Waals surface area contributed by atoms with Gasteiger partial charge in [-0.3, -0.25) is 14.4 Å². The van der Waals surface area contributed by atoms with Crippen molar-refractivity contribution in [3.05, 3.63) is 29.8 Å². The van der Waals surface area contributed by atoms with Crippen LogP contribution in [-0.2, 0) is 14.4 Å². The highest BCUT2D eigenvalue weighted by Crippen LogP contribution is 2.30. The summed E-state index contributed by atoms with van der Waals surface area (Å²) in [6.45, 7) is 0. The van der Waals surface area contributed by atoms with Gasteiger partial charge in [-0.15, -0.1) is 0 Å². The van der Waals surface area contributed by atoms with Crippen molar-refractivity contribution in [2.24, 2.45) is 5.92 Å². The highest BCUT2D eigenvalue weighted by atomic mass is 16.5. The first-order valence-corrected chi connectivity index (χ1v) is 6.18. The third-order valence-electron chi connectivity index (χ3n) is 3.22. The lowest BCUT2D eigenvalue weighted by Crippen LogP contribution is -2.23. The van der Waals surface area contributed by atoms with Crippen LogP contribution in [0.5, 0.6) is 11.5 Å². The van der Waals surface area contributed by atoms with Gasteiger partial charge in [-0.05, 0) is 18.2 Å². The number of hydrogen-bond acceptors (Lipinski definition) is 5. The van der Waals surface area contributed by atoms with Gasteiger partial charge in [0.2, 0.25) is 0 Å². The molecular weight excluding hydrogens is 260 g/mol. The number of ketones is 3. The Balaban J connectivity index is 2.19. The topological polar surface area (TPSA) is 80.7 Å². The van der Waals surface area contributed by atoms with Crippen LogP contribution in [0.3, 0.4) is 0 Å². The third-order valence-corrected chi connectivity index (χ3v) is 3.22. The molecule has 1 aromatic rings. The first kappa shape index (κ1) is 14.0. The van der Waals surface area contributed by atoms with Gasteiger partial charge in [0.05, 0.1) is 7.11 Å². The average molecular weight is 274 g/mol. The normalized spacial score (nSPS) is 16.1. The number of ether oxygens (including phenoxy) is 1. The fourth-order valence-corrected chi connectivity index (χ4v) is 2.14. The van der Waals surface area contributed by atoms with E-state index < -0.39 is 11.7 Å². The largest absolute Gasteiger partial charge is 0.504 e. The first-order valence-electron chi connectivity index (χ1n) is 6.18. The average Bonchev–Trinajstić information content (AvgIpc) is 2.77. The molecule has 5 heteroatoms. The zero-order valence-corrected chi connectivity index (χ0v) is 11.0. The predicted octanol–water partition coefficient (Wildman–Crippen LogP) is 1.53. The molecule has 1 N–H and O–H groups in total. The van der Waals surface area contributed by atoms with Crippen LogP contribution in [0, 0.1) is 5.92 Å². The summed E-state index contributed by atoms with van der Waals surface area (Å²) < 4.78 is 4.95. The molecule has 0 bridgehead atoms. The monoisotopic (exact) mass is 274 g/mol. The standard InChI is InChI=1S/C15H14O5/c1-20-13-4-2-3-9(15(13)19)5-6-10(16)14-11(17)7-8-12(14)18/h2-6,14,19H,7-8H2,1H3. The molecule has 0 aromatic heterocycles. The van der Waals surface area contributed by atoms with Crippen molar-refractivity contribution in [3.8, 4) is 11.5 Å². The van der Waals surface area contributed by atoms with E-state index in [2.05, 4.69) is 0 Å². The second kappa shape index (κ2) is 5.69. The Morgan fingerprint density at radius 1 is 1.30 bits per heavy atom. The molecule has 1 aliphatic carbocycles. The van der Waals surface area contributed by atoms with E-state index in [9.17, 15) is 19.5 Å². The molecule has 5 nitrogen and oxygen atoms in total. The predicted molar refractivity (Wildman–Crippen MR) is 71.4 cm³/mol. The smallest absolute Gasteiger partial charge is 0.173 e. The van der Waals surface area contributed by atoms with Gasteiger partial charge < -0.3 is 9.84 Å². The summed E-state index contributed by atoms with van der Waals surface area (Å²) in [6.07, 6.45) is 2.79. The molecule has 0 unspecified atom stereocenters. The molecule has 0 radical (unpaired) electrons. The maximum Gasteiger partial charge on any atom is 0.173 e. The Bertz CT molecular complexity index is 584. The molecule has 0 spiro atoms. The van der Waals surface area contributed by atoms with Crippen LogP contribution in [0.2, 0.25) is 0 Å². The van der Waals surface area contributed by atoms with Crippen LogP contribution in [0.15, 0.2) is 24.3 Å². The molecule has 20 heavy (non-hydrogen) atoms. The summed E-state index contributed by atoms with van der Waals surface area (Å²) in [5.74, 6) is -2.19. The van der Waals surface area contributed by atoms with Crippen molar-refractivity contribution in [1.29, 1.82) is 0 Å². The number of rotatable bonds is 4. The van der Waals surface area contributed by atoms with Crippen LogP contribution in [0.25, 0.3) is 6.08 Å². The second-order valence-electron chi connectivity index (χ2n) is 4.50. The summed E-state index contributed by atoms with van der Waals surface area (Å²) in [4.78, 5) is 34.8. The van der Waals surface area contributed by atoms with Gasteiger partial charge in [0.1, 0.15) is 5.92 Å². The van der Waals surface area contributed by atoms with E-state index in [0.29, 0.717) is 5.56 Å². The lowest BCUT2D eigenvalue weighted by atomic mass is 9.99. The van der Waals surface area contributed by atoms with Gasteiger partial charge in [0, 0.05) is 18.4 Å². The van der Waals surface area contributed by atoms with Crippen molar-refractivity contribution in [1.82, 2.24) is 0 Å². The fraction of sp³-hybridized carbons (Fsp3) is 0.267. The summed E-state index contributed by atoms with van der Waals surface area (Å²) in [5.41, 5.74) is 0.385. The molecule has 104 valence electrons. The number of carbonyl (C=O) groups is 3. The van der Waals surface area contributed by atoms with E-state index >= 15 is 0 Å². The maximum atomic E-state index is 11.9. The number of aromatic hydroxyl groups is 1. The summed E-state index contributed by atoms with van der Waals surface area (Å²) in [6, 6.07) is 4.84. The SMILES string of the molecule is COc1cccc(C=CC(=O)C2C(=O)CCC2=O)c1O. The number of carbonyl (C=O) groups excluding carboxylic acids is 3. The minimum Gasteiger partial charge on any atom is -0.504 e. The Hall–Kier alpha value is -2.43. The van der Waals surface area contributed by atoms with Crippen molar-refractivity contribution in [2.75, 3.05) is 7.11 Å². The van der Waals surface area contributed by atoms with Gasteiger partial charge in [0.15, 0.2) is 28.8 Å². The van der Waals surface area contributed by atoms with E-state index in [0.717, 1.165) is 6.08 Å². The Morgan fingerprint density at radius 3 is 2.55 bits per heavy atom. The number of para-hydroxylation sites is 1. The maximum absolute atomic E-state index is 11.9. The van der Waals surface area contributed by atoms with Gasteiger partial charge in [0.25, 0.3) is 0 Å². The Morgan fingerprint density at radius 2 is 1.95 bits per heavy atom. The quantitative estimate of drug-likeness (QED) is 0.665. The molecule has 2 rings (SSSR count). The first-order chi connectivity index (χ1) is 9.54. The lowest BCUT2D eigenvalue weighted by Gasteiger charge is -2.05. The van der Waals surface area contributed by atoms with Crippen LogP contribution < -0.4 is 4.74 Å². The highest BCUT2D eigenvalue weighted by molar-refractivity contribution is 6.26. The number of allylic oxidation sites excluding steroid dienone is 1. The number of Topliss-reactive ketones (excluding diaryl/α,β-unsaturated/α-hetero) is 2. The van der Waals surface area contributed by atoms with Gasteiger partial charge in [-0.1, -0.05) is 12.1 Å². The van der Waals surface area contributed by atoms with E-state index in [4.69, 9.17) is 4.74 Å². The lowest BCUT2D eigenvalue weighted by molar-refractivity contribution is -0.133. The van der Waals surface area contributed by atoms with Crippen molar-refractivity contribution in [2.45, 2.75) is 12.8 Å². The molecule has 1 aromatic carbocycles. The zero-order valence-electron chi connectivity index (χ0n) is 11.0. The van der Waals surface area contributed by atoms with Crippen LogP contribution in [0.1, 0.15) is 18.4 Å². The van der Waals surface area contributed by atoms with Gasteiger partial charge >= 0.3 is 0 Å². The number of phenolic OH excluding ortho intramolecular Hbond substituents is 1. The molecule has 1 aliphatic rings. The van der Waals surface area contributed by atoms with Crippen LogP contribution in [0.4, 0.5) is 0 Å². The fourth-order valence-electron chi connectivity index (χ4n) is 2.14. The highest BCUT2D eigenvalue weighted by Gasteiger charge is 2.37.